The summed E-state index contributed by atoms with van der Waals surface area (Å²) >= 11 is 0. The number of likely N-dealkylation sites (tertiary alicyclic amines) is 1. The van der Waals surface area contributed by atoms with E-state index in [4.69, 9.17) is 5.11 Å². The maximum Gasteiger partial charge on any atom is 0.328 e. The molecule has 1 amide bonds. The van der Waals surface area contributed by atoms with E-state index >= 15 is 0 Å². The summed E-state index contributed by atoms with van der Waals surface area (Å²) in [5.74, 6) is -1.07. The first-order valence-corrected chi connectivity index (χ1v) is 7.29. The first-order chi connectivity index (χ1) is 10.1. The van der Waals surface area contributed by atoms with E-state index in [2.05, 4.69) is 11.9 Å². The summed E-state index contributed by atoms with van der Waals surface area (Å²) in [5, 5.41) is 8.73. The Labute approximate surface area is 124 Å². The lowest BCUT2D eigenvalue weighted by atomic mass is 9.98. The molecule has 1 aliphatic rings. The van der Waals surface area contributed by atoms with E-state index in [9.17, 15) is 9.59 Å². The number of aromatic nitrogens is 1. The summed E-state index contributed by atoms with van der Waals surface area (Å²) in [7, 11) is 0. The molecule has 5 nitrogen and oxygen atoms in total. The van der Waals surface area contributed by atoms with Crippen molar-refractivity contribution in [3.8, 4) is 0 Å². The Bertz CT molecular complexity index is 554. The second kappa shape index (κ2) is 7.02. The van der Waals surface area contributed by atoms with E-state index in [1.54, 1.807) is 12.3 Å². The van der Waals surface area contributed by atoms with Gasteiger partial charge in [-0.3, -0.25) is 9.78 Å². The number of piperidine rings is 1. The van der Waals surface area contributed by atoms with E-state index in [0.717, 1.165) is 38.3 Å². The van der Waals surface area contributed by atoms with E-state index in [1.807, 2.05) is 4.90 Å². The maximum absolute atomic E-state index is 12.8. The topological polar surface area (TPSA) is 70.5 Å². The zero-order valence-electron chi connectivity index (χ0n) is 12.2. The Hall–Kier alpha value is -2.17. The van der Waals surface area contributed by atoms with Crippen molar-refractivity contribution in [1.29, 1.82) is 0 Å². The van der Waals surface area contributed by atoms with Gasteiger partial charge in [-0.05, 0) is 37.8 Å². The van der Waals surface area contributed by atoms with Gasteiger partial charge in [-0.15, -0.1) is 0 Å². The highest BCUT2D eigenvalue weighted by Crippen LogP contribution is 2.23. The number of hydrogen-bond donors (Lipinski definition) is 1. The fourth-order valence-corrected chi connectivity index (χ4v) is 2.74. The highest BCUT2D eigenvalue weighted by Gasteiger charge is 2.27. The van der Waals surface area contributed by atoms with Gasteiger partial charge in [0, 0.05) is 42.2 Å². The molecule has 0 aliphatic carbocycles. The molecular weight excluding hydrogens is 268 g/mol. The highest BCUT2D eigenvalue weighted by atomic mass is 16.4. The lowest BCUT2D eigenvalue weighted by Gasteiger charge is -2.35. The van der Waals surface area contributed by atoms with Gasteiger partial charge in [0.25, 0.3) is 5.91 Å². The molecule has 1 unspecified atom stereocenters. The van der Waals surface area contributed by atoms with Crippen LogP contribution < -0.4 is 0 Å². The smallest absolute Gasteiger partial charge is 0.328 e. The number of nitrogens with zero attached hydrogens (tertiary/aromatic N) is 2. The Morgan fingerprint density at radius 3 is 3.00 bits per heavy atom. The number of aliphatic carboxylic acids is 1. The van der Waals surface area contributed by atoms with Crippen LogP contribution in [0.25, 0.3) is 6.08 Å². The zero-order chi connectivity index (χ0) is 15.2. The fraction of sp³-hybridized carbons (Fsp3) is 0.438. The summed E-state index contributed by atoms with van der Waals surface area (Å²) in [6, 6.07) is 1.93. The van der Waals surface area contributed by atoms with Gasteiger partial charge < -0.3 is 10.0 Å². The molecule has 1 saturated heterocycles. The molecule has 1 fully saturated rings. The van der Waals surface area contributed by atoms with Crippen molar-refractivity contribution in [2.75, 3.05) is 6.54 Å². The minimum atomic E-state index is -1.04. The largest absolute Gasteiger partial charge is 0.478 e. The number of hydrogen-bond acceptors (Lipinski definition) is 3. The van der Waals surface area contributed by atoms with Gasteiger partial charge in [-0.2, -0.15) is 0 Å². The Kier molecular flexibility index (Phi) is 5.09. The van der Waals surface area contributed by atoms with Crippen LogP contribution in [-0.4, -0.2) is 39.5 Å². The van der Waals surface area contributed by atoms with Crippen LogP contribution in [0, 0.1) is 0 Å². The van der Waals surface area contributed by atoms with Crippen molar-refractivity contribution >= 4 is 18.0 Å². The monoisotopic (exact) mass is 288 g/mol. The molecule has 1 atom stereocenters. The third-order valence-corrected chi connectivity index (χ3v) is 3.85. The third-order valence-electron chi connectivity index (χ3n) is 3.85. The Balaban J connectivity index is 2.28. The lowest BCUT2D eigenvalue weighted by Crippen LogP contribution is -2.43. The van der Waals surface area contributed by atoms with Crippen molar-refractivity contribution in [3.05, 3.63) is 35.7 Å². The first kappa shape index (κ1) is 15.2. The van der Waals surface area contributed by atoms with E-state index < -0.39 is 5.97 Å². The minimum absolute atomic E-state index is 0.0333. The molecule has 0 saturated carbocycles. The SMILES string of the molecule is CCC1CCCCN1C(=O)c1ccncc1C=CC(=O)O. The van der Waals surface area contributed by atoms with Crippen molar-refractivity contribution in [2.24, 2.45) is 0 Å². The Morgan fingerprint density at radius 2 is 2.29 bits per heavy atom. The summed E-state index contributed by atoms with van der Waals surface area (Å²) < 4.78 is 0. The van der Waals surface area contributed by atoms with Crippen LogP contribution in [0.3, 0.4) is 0 Å². The van der Waals surface area contributed by atoms with Gasteiger partial charge in [0.2, 0.25) is 0 Å². The predicted octanol–water partition coefficient (Wildman–Crippen LogP) is 2.58. The highest BCUT2D eigenvalue weighted by molar-refractivity contribution is 5.99. The average molecular weight is 288 g/mol. The maximum atomic E-state index is 12.8. The number of rotatable bonds is 4. The molecule has 112 valence electrons. The number of carboxylic acids is 1. The van der Waals surface area contributed by atoms with Crippen LogP contribution in [0.1, 0.15) is 48.5 Å². The molecule has 21 heavy (non-hydrogen) atoms. The van der Waals surface area contributed by atoms with Crippen LogP contribution >= 0.6 is 0 Å². The molecule has 2 heterocycles. The first-order valence-electron chi connectivity index (χ1n) is 7.29. The van der Waals surface area contributed by atoms with Crippen LogP contribution in [0.4, 0.5) is 0 Å². The molecule has 0 spiro atoms. The van der Waals surface area contributed by atoms with Crippen LogP contribution in [0.2, 0.25) is 0 Å². The molecular formula is C16H20N2O3. The molecule has 1 aliphatic heterocycles. The van der Waals surface area contributed by atoms with Gasteiger partial charge in [0.05, 0.1) is 0 Å². The van der Waals surface area contributed by atoms with Gasteiger partial charge in [0.15, 0.2) is 0 Å². The number of amides is 1. The summed E-state index contributed by atoms with van der Waals surface area (Å²) in [6.45, 7) is 2.86. The average Bonchev–Trinajstić information content (AvgIpc) is 2.52. The lowest BCUT2D eigenvalue weighted by molar-refractivity contribution is -0.131. The second-order valence-electron chi connectivity index (χ2n) is 5.19. The van der Waals surface area contributed by atoms with Crippen molar-refractivity contribution < 1.29 is 14.7 Å². The molecule has 5 heteroatoms. The van der Waals surface area contributed by atoms with Crippen molar-refractivity contribution in [1.82, 2.24) is 9.88 Å². The summed E-state index contributed by atoms with van der Waals surface area (Å²) in [5.41, 5.74) is 1.06. The second-order valence-corrected chi connectivity index (χ2v) is 5.19. The van der Waals surface area contributed by atoms with Crippen LogP contribution in [-0.2, 0) is 4.79 Å². The van der Waals surface area contributed by atoms with Crippen molar-refractivity contribution in [3.63, 3.8) is 0 Å². The third kappa shape index (κ3) is 3.68. The van der Waals surface area contributed by atoms with Gasteiger partial charge in [0.1, 0.15) is 0 Å². The molecule has 0 bridgehead atoms. The Morgan fingerprint density at radius 1 is 1.48 bits per heavy atom. The molecule has 2 rings (SSSR count). The van der Waals surface area contributed by atoms with Crippen molar-refractivity contribution in [2.45, 2.75) is 38.6 Å². The minimum Gasteiger partial charge on any atom is -0.478 e. The molecule has 1 N–H and O–H groups in total. The normalized spacial score (nSPS) is 18.9. The number of carboxylic acid groups (broad SMARTS) is 1. The number of carbonyl (C=O) groups is 2. The quantitative estimate of drug-likeness (QED) is 0.864. The van der Waals surface area contributed by atoms with E-state index in [1.165, 1.54) is 12.3 Å². The van der Waals surface area contributed by atoms with E-state index in [0.29, 0.717) is 11.1 Å². The number of carbonyl (C=O) groups excluding carboxylic acids is 1. The molecule has 0 aromatic carbocycles. The van der Waals surface area contributed by atoms with E-state index in [-0.39, 0.29) is 11.9 Å². The van der Waals surface area contributed by atoms with Crippen LogP contribution in [0.15, 0.2) is 24.5 Å². The molecule has 0 radical (unpaired) electrons. The predicted molar refractivity (Wildman–Crippen MR) is 79.9 cm³/mol. The zero-order valence-corrected chi connectivity index (χ0v) is 12.2. The van der Waals surface area contributed by atoms with Gasteiger partial charge >= 0.3 is 5.97 Å². The molecule has 1 aromatic heterocycles. The van der Waals surface area contributed by atoms with Gasteiger partial charge in [-0.25, -0.2) is 4.79 Å². The van der Waals surface area contributed by atoms with Gasteiger partial charge in [-0.1, -0.05) is 6.92 Å². The molecule has 1 aromatic rings. The number of pyridine rings is 1. The summed E-state index contributed by atoms with van der Waals surface area (Å²) in [6.07, 6.45) is 9.70. The standard InChI is InChI=1S/C16H20N2O3/c1-2-13-5-3-4-10-18(13)16(21)14-8-9-17-11-12(14)6-7-15(19)20/h6-9,11,13H,2-5,10H2,1H3,(H,19,20). The van der Waals surface area contributed by atoms with Crippen LogP contribution in [0.5, 0.6) is 0 Å². The summed E-state index contributed by atoms with van der Waals surface area (Å²) in [4.78, 5) is 29.3. The fourth-order valence-electron chi connectivity index (χ4n) is 2.74.